The molecule has 172 valence electrons. The minimum atomic E-state index is -0.460. The molecule has 9 heteroatoms. The third-order valence-corrected chi connectivity index (χ3v) is 7.54. The maximum Gasteiger partial charge on any atom is 0.419 e. The number of para-hydroxylation sites is 3. The predicted molar refractivity (Wildman–Crippen MR) is 136 cm³/mol. The van der Waals surface area contributed by atoms with Crippen LogP contribution in [0, 0.1) is 0 Å². The molecule has 5 rings (SSSR count). The molecule has 0 radical (unpaired) electrons. The fourth-order valence-electron chi connectivity index (χ4n) is 3.67. The Morgan fingerprint density at radius 1 is 1.15 bits per heavy atom. The molecule has 0 unspecified atom stereocenters. The second-order valence-corrected chi connectivity index (χ2v) is 9.80. The smallest absolute Gasteiger partial charge is 0.419 e. The average molecular weight is 492 g/mol. The number of methoxy groups -OCH3 is 1. The van der Waals surface area contributed by atoms with E-state index in [0.717, 1.165) is 31.6 Å². The van der Waals surface area contributed by atoms with Crippen LogP contribution >= 0.6 is 23.1 Å². The second kappa shape index (κ2) is 9.74. The number of rotatable bonds is 8. The number of ether oxygens (including phenoxy) is 1. The summed E-state index contributed by atoms with van der Waals surface area (Å²) in [5.74, 6) is 0.993. The summed E-state index contributed by atoms with van der Waals surface area (Å²) in [7, 11) is 1.67. The molecule has 0 aliphatic carbocycles. The van der Waals surface area contributed by atoms with E-state index < -0.39 is 5.76 Å². The largest absolute Gasteiger partial charge is 0.496 e. The lowest BCUT2D eigenvalue weighted by Crippen LogP contribution is -2.19. The topological polar surface area (TPSA) is 86.4 Å². The molecule has 0 aliphatic rings. The van der Waals surface area contributed by atoms with Crippen LogP contribution in [0.4, 0.5) is 5.69 Å². The Balaban J connectivity index is 1.23. The third-order valence-electron chi connectivity index (χ3n) is 5.33. The van der Waals surface area contributed by atoms with Crippen LogP contribution in [0.15, 0.2) is 80.3 Å². The van der Waals surface area contributed by atoms with Crippen molar-refractivity contribution in [1.82, 2.24) is 9.55 Å². The molecule has 2 heterocycles. The van der Waals surface area contributed by atoms with E-state index in [0.29, 0.717) is 16.8 Å². The molecule has 1 amide bonds. The summed E-state index contributed by atoms with van der Waals surface area (Å²) in [6, 6.07) is 20.8. The highest BCUT2D eigenvalue weighted by atomic mass is 32.2. The van der Waals surface area contributed by atoms with Gasteiger partial charge in [0, 0.05) is 30.0 Å². The predicted octanol–water partition coefficient (Wildman–Crippen LogP) is 5.53. The number of aryl methyl sites for hydroxylation is 1. The number of hydrogen-bond acceptors (Lipinski definition) is 7. The third kappa shape index (κ3) is 4.71. The molecular formula is C25H21N3O4S2. The van der Waals surface area contributed by atoms with Crippen molar-refractivity contribution in [3.8, 4) is 5.75 Å². The summed E-state index contributed by atoms with van der Waals surface area (Å²) in [4.78, 5) is 29.3. The zero-order valence-electron chi connectivity index (χ0n) is 18.3. The van der Waals surface area contributed by atoms with Gasteiger partial charge in [0.15, 0.2) is 9.92 Å². The van der Waals surface area contributed by atoms with Gasteiger partial charge in [0.05, 0.1) is 22.8 Å². The first-order valence-corrected chi connectivity index (χ1v) is 12.4. The lowest BCUT2D eigenvalue weighted by molar-refractivity contribution is -0.116. The fraction of sp³-hybridized carbons (Fsp3) is 0.160. The van der Waals surface area contributed by atoms with Gasteiger partial charge in [-0.05, 0) is 36.4 Å². The van der Waals surface area contributed by atoms with Crippen LogP contribution in [0.5, 0.6) is 5.75 Å². The van der Waals surface area contributed by atoms with Crippen molar-refractivity contribution >= 4 is 56.0 Å². The Hall–Kier alpha value is -3.56. The normalized spacial score (nSPS) is 11.2. The van der Waals surface area contributed by atoms with Gasteiger partial charge in [-0.25, -0.2) is 9.78 Å². The lowest BCUT2D eigenvalue weighted by atomic mass is 10.2. The van der Waals surface area contributed by atoms with Gasteiger partial charge in [0.1, 0.15) is 5.75 Å². The van der Waals surface area contributed by atoms with Gasteiger partial charge in [0.25, 0.3) is 0 Å². The molecule has 2 aromatic heterocycles. The number of nitrogens with one attached hydrogen (secondary N) is 1. The first-order valence-electron chi connectivity index (χ1n) is 10.6. The van der Waals surface area contributed by atoms with Crippen LogP contribution in [0.3, 0.4) is 0 Å². The van der Waals surface area contributed by atoms with Crippen LogP contribution in [-0.2, 0) is 17.1 Å². The van der Waals surface area contributed by atoms with Crippen molar-refractivity contribution in [3.05, 3.63) is 82.8 Å². The van der Waals surface area contributed by atoms with E-state index >= 15 is 0 Å². The van der Waals surface area contributed by atoms with E-state index in [2.05, 4.69) is 5.32 Å². The van der Waals surface area contributed by atoms with Crippen LogP contribution in [0.1, 0.15) is 12.0 Å². The average Bonchev–Trinajstić information content (AvgIpc) is 3.40. The van der Waals surface area contributed by atoms with Crippen LogP contribution in [0.25, 0.3) is 21.3 Å². The number of aromatic nitrogens is 2. The molecule has 0 bridgehead atoms. The van der Waals surface area contributed by atoms with E-state index in [-0.39, 0.29) is 18.9 Å². The number of amides is 1. The Morgan fingerprint density at radius 3 is 2.85 bits per heavy atom. The Kier molecular flexibility index (Phi) is 6.37. The van der Waals surface area contributed by atoms with Crippen molar-refractivity contribution in [3.63, 3.8) is 0 Å². The fourth-order valence-corrected chi connectivity index (χ4v) is 5.77. The molecule has 0 spiro atoms. The minimum absolute atomic E-state index is 0.157. The summed E-state index contributed by atoms with van der Waals surface area (Å²) < 4.78 is 14.1. The number of carbonyl (C=O) groups is 1. The summed E-state index contributed by atoms with van der Waals surface area (Å²) in [5, 5.41) is 2.92. The molecule has 0 saturated carbocycles. The standard InChI is InChI=1S/C25H21N3O4S2/c1-31-20-8-4-2-6-16(20)15-33-24-27-18-11-10-17(14-22(18)34-24)26-23(29)12-13-28-19-7-3-5-9-21(19)32-25(28)30/h2-11,14H,12-13,15H2,1H3,(H,26,29). The number of carbonyl (C=O) groups excluding carboxylic acids is 1. The Bertz CT molecular complexity index is 1540. The van der Waals surface area contributed by atoms with Crippen LogP contribution in [0.2, 0.25) is 0 Å². The zero-order chi connectivity index (χ0) is 23.5. The van der Waals surface area contributed by atoms with Crippen molar-refractivity contribution in [2.45, 2.75) is 23.1 Å². The molecule has 3 aromatic carbocycles. The molecule has 5 aromatic rings. The van der Waals surface area contributed by atoms with Crippen molar-refractivity contribution < 1.29 is 13.9 Å². The first-order chi connectivity index (χ1) is 16.6. The number of anilines is 1. The summed E-state index contributed by atoms with van der Waals surface area (Å²) in [6.45, 7) is 0.244. The van der Waals surface area contributed by atoms with Gasteiger partial charge < -0.3 is 14.5 Å². The van der Waals surface area contributed by atoms with Crippen LogP contribution in [-0.4, -0.2) is 22.6 Å². The number of fused-ring (bicyclic) bond motifs is 2. The highest BCUT2D eigenvalue weighted by Crippen LogP contribution is 2.34. The number of hydrogen-bond donors (Lipinski definition) is 1. The number of thiazole rings is 1. The van der Waals surface area contributed by atoms with Crippen LogP contribution < -0.4 is 15.8 Å². The molecule has 1 N–H and O–H groups in total. The number of oxazole rings is 1. The van der Waals surface area contributed by atoms with Gasteiger partial charge in [-0.1, -0.05) is 42.1 Å². The first kappa shape index (κ1) is 22.2. The summed E-state index contributed by atoms with van der Waals surface area (Å²) >= 11 is 3.24. The number of benzene rings is 3. The van der Waals surface area contributed by atoms with Crippen molar-refractivity contribution in [1.29, 1.82) is 0 Å². The van der Waals surface area contributed by atoms with E-state index in [1.165, 1.54) is 4.57 Å². The SMILES string of the molecule is COc1ccccc1CSc1nc2ccc(NC(=O)CCn3c(=O)oc4ccccc43)cc2s1. The molecule has 0 fully saturated rings. The quantitative estimate of drug-likeness (QED) is 0.287. The summed E-state index contributed by atoms with van der Waals surface area (Å²) in [6.07, 6.45) is 0.157. The molecular weight excluding hydrogens is 470 g/mol. The number of thioether (sulfide) groups is 1. The van der Waals surface area contributed by atoms with Crippen molar-refractivity contribution in [2.75, 3.05) is 12.4 Å². The maximum atomic E-state index is 12.5. The van der Waals surface area contributed by atoms with E-state index in [9.17, 15) is 9.59 Å². The zero-order valence-corrected chi connectivity index (χ0v) is 19.9. The minimum Gasteiger partial charge on any atom is -0.496 e. The monoisotopic (exact) mass is 491 g/mol. The van der Waals surface area contributed by atoms with E-state index in [4.69, 9.17) is 14.1 Å². The highest BCUT2D eigenvalue weighted by molar-refractivity contribution is 8.00. The van der Waals surface area contributed by atoms with Crippen molar-refractivity contribution in [2.24, 2.45) is 0 Å². The van der Waals surface area contributed by atoms with Gasteiger partial charge in [0.2, 0.25) is 5.91 Å². The molecule has 0 saturated heterocycles. The highest BCUT2D eigenvalue weighted by Gasteiger charge is 2.12. The van der Waals surface area contributed by atoms with E-state index in [1.54, 1.807) is 48.4 Å². The Morgan fingerprint density at radius 2 is 1.97 bits per heavy atom. The molecule has 34 heavy (non-hydrogen) atoms. The molecule has 7 nitrogen and oxygen atoms in total. The van der Waals surface area contributed by atoms with Gasteiger partial charge in [-0.15, -0.1) is 11.3 Å². The maximum absolute atomic E-state index is 12.5. The van der Waals surface area contributed by atoms with Gasteiger partial charge in [-0.2, -0.15) is 0 Å². The lowest BCUT2D eigenvalue weighted by Gasteiger charge is -2.06. The van der Waals surface area contributed by atoms with E-state index in [1.807, 2.05) is 48.5 Å². The molecule has 0 atom stereocenters. The molecule has 0 aliphatic heterocycles. The van der Waals surface area contributed by atoms with Gasteiger partial charge >= 0.3 is 5.76 Å². The van der Waals surface area contributed by atoms with Gasteiger partial charge in [-0.3, -0.25) is 9.36 Å². The summed E-state index contributed by atoms with van der Waals surface area (Å²) in [5.41, 5.74) is 3.91. The second-order valence-electron chi connectivity index (χ2n) is 7.55. The number of nitrogens with zero attached hydrogens (tertiary/aromatic N) is 2. The Labute approximate surface area is 203 Å².